The number of unbranched alkanes of at least 4 members (excludes halogenated alkanes) is 1. The summed E-state index contributed by atoms with van der Waals surface area (Å²) in [5.74, 6) is 0.259. The van der Waals surface area contributed by atoms with E-state index in [0.29, 0.717) is 12.3 Å². The maximum absolute atomic E-state index is 10.7. The summed E-state index contributed by atoms with van der Waals surface area (Å²) in [6, 6.07) is 0. The SMILES string of the molecule is CC[C@H](CO)CCCCC(=O)OC. The Bertz CT molecular complexity index is 130. The van der Waals surface area contributed by atoms with Crippen LogP contribution >= 0.6 is 0 Å². The third-order valence-electron chi connectivity index (χ3n) is 2.31. The highest BCUT2D eigenvalue weighted by atomic mass is 16.5. The predicted molar refractivity (Wildman–Crippen MR) is 51.4 cm³/mol. The molecule has 0 rings (SSSR count). The minimum absolute atomic E-state index is 0.142. The quantitative estimate of drug-likeness (QED) is 0.489. The first-order valence-corrected chi connectivity index (χ1v) is 4.92. The molecule has 0 saturated carbocycles. The van der Waals surface area contributed by atoms with Crippen LogP contribution in [0, 0.1) is 5.92 Å². The van der Waals surface area contributed by atoms with E-state index in [0.717, 1.165) is 25.7 Å². The number of carbonyl (C=O) groups excluding carboxylic acids is 1. The standard InChI is InChI=1S/C10H20O3/c1-3-9(8-11)6-4-5-7-10(12)13-2/h9,11H,3-8H2,1-2H3/t9-/m0/s1. The van der Waals surface area contributed by atoms with E-state index in [9.17, 15) is 4.79 Å². The van der Waals surface area contributed by atoms with Gasteiger partial charge in [0.2, 0.25) is 0 Å². The van der Waals surface area contributed by atoms with E-state index in [2.05, 4.69) is 11.7 Å². The zero-order valence-electron chi connectivity index (χ0n) is 8.58. The largest absolute Gasteiger partial charge is 0.469 e. The molecule has 0 aromatic carbocycles. The number of aliphatic hydroxyl groups is 1. The molecular weight excluding hydrogens is 168 g/mol. The molecule has 0 heterocycles. The molecule has 0 saturated heterocycles. The summed E-state index contributed by atoms with van der Waals surface area (Å²) in [5, 5.41) is 8.89. The molecule has 1 atom stereocenters. The van der Waals surface area contributed by atoms with Gasteiger partial charge < -0.3 is 9.84 Å². The Hall–Kier alpha value is -0.570. The molecule has 0 aliphatic rings. The molecule has 1 N–H and O–H groups in total. The summed E-state index contributed by atoms with van der Waals surface area (Å²) in [7, 11) is 1.41. The molecule has 0 aliphatic heterocycles. The lowest BCUT2D eigenvalue weighted by Gasteiger charge is -2.09. The van der Waals surface area contributed by atoms with Gasteiger partial charge in [-0.05, 0) is 18.8 Å². The summed E-state index contributed by atoms with van der Waals surface area (Å²) >= 11 is 0. The molecule has 0 bridgehead atoms. The Labute approximate surface area is 80.1 Å². The summed E-state index contributed by atoms with van der Waals surface area (Å²) in [4.78, 5) is 10.7. The van der Waals surface area contributed by atoms with Gasteiger partial charge in [0.1, 0.15) is 0 Å². The van der Waals surface area contributed by atoms with Gasteiger partial charge in [-0.25, -0.2) is 0 Å². The van der Waals surface area contributed by atoms with Crippen molar-refractivity contribution in [3.63, 3.8) is 0 Å². The molecule has 0 fully saturated rings. The number of hydrogen-bond donors (Lipinski definition) is 1. The molecular formula is C10H20O3. The fourth-order valence-corrected chi connectivity index (χ4v) is 1.23. The number of ether oxygens (including phenoxy) is 1. The fourth-order valence-electron chi connectivity index (χ4n) is 1.23. The van der Waals surface area contributed by atoms with E-state index in [-0.39, 0.29) is 12.6 Å². The number of rotatable bonds is 7. The van der Waals surface area contributed by atoms with Crippen LogP contribution in [-0.4, -0.2) is 24.8 Å². The second-order valence-corrected chi connectivity index (χ2v) is 3.28. The van der Waals surface area contributed by atoms with E-state index >= 15 is 0 Å². The van der Waals surface area contributed by atoms with Gasteiger partial charge in [0.05, 0.1) is 7.11 Å². The van der Waals surface area contributed by atoms with E-state index in [1.807, 2.05) is 0 Å². The fraction of sp³-hybridized carbons (Fsp3) is 0.900. The number of methoxy groups -OCH3 is 1. The van der Waals surface area contributed by atoms with Crippen molar-refractivity contribution in [1.82, 2.24) is 0 Å². The Morgan fingerprint density at radius 2 is 2.15 bits per heavy atom. The molecule has 78 valence electrons. The lowest BCUT2D eigenvalue weighted by molar-refractivity contribution is -0.140. The zero-order chi connectivity index (χ0) is 10.1. The van der Waals surface area contributed by atoms with Crippen LogP contribution in [-0.2, 0) is 9.53 Å². The summed E-state index contributed by atoms with van der Waals surface area (Å²) in [6.07, 6.45) is 4.37. The Morgan fingerprint density at radius 1 is 1.46 bits per heavy atom. The zero-order valence-corrected chi connectivity index (χ0v) is 8.58. The molecule has 0 amide bonds. The topological polar surface area (TPSA) is 46.5 Å². The van der Waals surface area contributed by atoms with Crippen molar-refractivity contribution < 1.29 is 14.6 Å². The minimum Gasteiger partial charge on any atom is -0.469 e. The lowest BCUT2D eigenvalue weighted by Crippen LogP contribution is -2.05. The monoisotopic (exact) mass is 188 g/mol. The van der Waals surface area contributed by atoms with Crippen LogP contribution in [0.15, 0.2) is 0 Å². The van der Waals surface area contributed by atoms with Crippen molar-refractivity contribution in [3.8, 4) is 0 Å². The van der Waals surface area contributed by atoms with Gasteiger partial charge in [-0.1, -0.05) is 19.8 Å². The van der Waals surface area contributed by atoms with Crippen LogP contribution in [0.2, 0.25) is 0 Å². The lowest BCUT2D eigenvalue weighted by atomic mass is 10.00. The molecule has 13 heavy (non-hydrogen) atoms. The van der Waals surface area contributed by atoms with Gasteiger partial charge in [-0.2, -0.15) is 0 Å². The van der Waals surface area contributed by atoms with Gasteiger partial charge in [0, 0.05) is 13.0 Å². The third kappa shape index (κ3) is 6.58. The first-order chi connectivity index (χ1) is 6.24. The average Bonchev–Trinajstić information content (AvgIpc) is 2.18. The van der Waals surface area contributed by atoms with Gasteiger partial charge in [-0.3, -0.25) is 4.79 Å². The second-order valence-electron chi connectivity index (χ2n) is 3.28. The minimum atomic E-state index is -0.142. The van der Waals surface area contributed by atoms with Crippen LogP contribution in [0.1, 0.15) is 39.0 Å². The normalized spacial score (nSPS) is 12.5. The number of carbonyl (C=O) groups is 1. The average molecular weight is 188 g/mol. The Balaban J connectivity index is 3.28. The van der Waals surface area contributed by atoms with Gasteiger partial charge in [0.15, 0.2) is 0 Å². The highest BCUT2D eigenvalue weighted by Gasteiger charge is 2.05. The second kappa shape index (κ2) is 8.05. The molecule has 0 aromatic rings. The first kappa shape index (κ1) is 12.4. The Morgan fingerprint density at radius 3 is 2.62 bits per heavy atom. The van der Waals surface area contributed by atoms with Crippen molar-refractivity contribution in [2.45, 2.75) is 39.0 Å². The maximum Gasteiger partial charge on any atom is 0.305 e. The number of esters is 1. The van der Waals surface area contributed by atoms with Gasteiger partial charge >= 0.3 is 5.97 Å². The Kier molecular flexibility index (Phi) is 7.69. The maximum atomic E-state index is 10.7. The van der Waals surface area contributed by atoms with E-state index in [1.54, 1.807) is 0 Å². The van der Waals surface area contributed by atoms with Crippen molar-refractivity contribution in [2.24, 2.45) is 5.92 Å². The highest BCUT2D eigenvalue weighted by Crippen LogP contribution is 2.12. The van der Waals surface area contributed by atoms with Crippen molar-refractivity contribution >= 4 is 5.97 Å². The van der Waals surface area contributed by atoms with Crippen LogP contribution in [0.5, 0.6) is 0 Å². The number of hydrogen-bond acceptors (Lipinski definition) is 3. The molecule has 3 heteroatoms. The van der Waals surface area contributed by atoms with E-state index < -0.39 is 0 Å². The van der Waals surface area contributed by atoms with E-state index in [4.69, 9.17) is 5.11 Å². The smallest absolute Gasteiger partial charge is 0.305 e. The van der Waals surface area contributed by atoms with Gasteiger partial charge in [0.25, 0.3) is 0 Å². The highest BCUT2D eigenvalue weighted by molar-refractivity contribution is 5.68. The molecule has 0 aliphatic carbocycles. The third-order valence-corrected chi connectivity index (χ3v) is 2.31. The summed E-state index contributed by atoms with van der Waals surface area (Å²) in [5.41, 5.74) is 0. The molecule has 0 unspecified atom stereocenters. The molecule has 0 spiro atoms. The summed E-state index contributed by atoms with van der Waals surface area (Å²) in [6.45, 7) is 2.33. The van der Waals surface area contributed by atoms with Crippen molar-refractivity contribution in [1.29, 1.82) is 0 Å². The molecule has 0 aromatic heterocycles. The predicted octanol–water partition coefficient (Wildman–Crippen LogP) is 1.74. The molecule has 0 radical (unpaired) electrons. The van der Waals surface area contributed by atoms with Crippen molar-refractivity contribution in [2.75, 3.05) is 13.7 Å². The van der Waals surface area contributed by atoms with Crippen LogP contribution < -0.4 is 0 Å². The molecule has 3 nitrogen and oxygen atoms in total. The summed E-state index contributed by atoms with van der Waals surface area (Å²) < 4.78 is 4.52. The first-order valence-electron chi connectivity index (χ1n) is 4.92. The van der Waals surface area contributed by atoms with Crippen LogP contribution in [0.3, 0.4) is 0 Å². The van der Waals surface area contributed by atoms with Crippen LogP contribution in [0.25, 0.3) is 0 Å². The van der Waals surface area contributed by atoms with Crippen LogP contribution in [0.4, 0.5) is 0 Å². The van der Waals surface area contributed by atoms with Crippen molar-refractivity contribution in [3.05, 3.63) is 0 Å². The van der Waals surface area contributed by atoms with Gasteiger partial charge in [-0.15, -0.1) is 0 Å². The van der Waals surface area contributed by atoms with E-state index in [1.165, 1.54) is 7.11 Å². The number of aliphatic hydroxyl groups excluding tert-OH is 1.